The third kappa shape index (κ3) is 4.95. The number of nitrogens with zero attached hydrogens (tertiary/aromatic N) is 4. The molecule has 0 saturated carbocycles. The van der Waals surface area contributed by atoms with Crippen LogP contribution in [-0.2, 0) is 0 Å². The Bertz CT molecular complexity index is 2510. The monoisotopic (exact) mass is 616 g/mol. The van der Waals surface area contributed by atoms with Crippen molar-refractivity contribution in [1.82, 2.24) is 15.0 Å². The molecule has 0 N–H and O–H groups in total. The first-order valence-corrected chi connectivity index (χ1v) is 16.0. The van der Waals surface area contributed by atoms with E-state index in [4.69, 9.17) is 19.4 Å². The van der Waals surface area contributed by atoms with Gasteiger partial charge in [0, 0.05) is 33.5 Å². The lowest BCUT2D eigenvalue weighted by Gasteiger charge is -2.26. The Morgan fingerprint density at radius 1 is 0.396 bits per heavy atom. The molecule has 226 valence electrons. The van der Waals surface area contributed by atoms with Crippen molar-refractivity contribution in [2.75, 3.05) is 4.90 Å². The zero-order chi connectivity index (χ0) is 31.9. The minimum absolute atomic E-state index is 0.590. The molecule has 0 spiro atoms. The van der Waals surface area contributed by atoms with E-state index in [2.05, 4.69) is 95.9 Å². The van der Waals surface area contributed by atoms with E-state index in [1.807, 2.05) is 78.9 Å². The molecule has 9 rings (SSSR count). The summed E-state index contributed by atoms with van der Waals surface area (Å²) < 4.78 is 6.58. The van der Waals surface area contributed by atoms with Gasteiger partial charge in [-0.1, -0.05) is 121 Å². The zero-order valence-corrected chi connectivity index (χ0v) is 25.9. The maximum Gasteiger partial charge on any atom is 0.164 e. The summed E-state index contributed by atoms with van der Waals surface area (Å²) in [7, 11) is 0. The first-order valence-electron chi connectivity index (χ1n) is 16.0. The third-order valence-corrected chi connectivity index (χ3v) is 8.68. The average molecular weight is 617 g/mol. The number of hydrogen-bond acceptors (Lipinski definition) is 5. The number of para-hydroxylation sites is 1. The molecule has 7 aromatic carbocycles. The van der Waals surface area contributed by atoms with Gasteiger partial charge in [0.1, 0.15) is 11.2 Å². The fraction of sp³-hybridized carbons (Fsp3) is 0. The van der Waals surface area contributed by atoms with Crippen molar-refractivity contribution < 1.29 is 4.42 Å². The summed E-state index contributed by atoms with van der Waals surface area (Å²) in [5, 5.41) is 4.46. The molecule has 0 amide bonds. The number of fused-ring (bicyclic) bond motifs is 4. The summed E-state index contributed by atoms with van der Waals surface area (Å²) in [6.45, 7) is 0. The van der Waals surface area contributed by atoms with E-state index in [9.17, 15) is 0 Å². The van der Waals surface area contributed by atoms with Crippen LogP contribution in [0.3, 0.4) is 0 Å². The summed E-state index contributed by atoms with van der Waals surface area (Å²) in [5.74, 6) is 1.84. The highest BCUT2D eigenvalue weighted by Gasteiger charge is 2.20. The van der Waals surface area contributed by atoms with Crippen molar-refractivity contribution in [3.05, 3.63) is 170 Å². The van der Waals surface area contributed by atoms with Crippen molar-refractivity contribution >= 4 is 49.8 Å². The van der Waals surface area contributed by atoms with Gasteiger partial charge < -0.3 is 9.32 Å². The molecule has 0 saturated heterocycles. The fourth-order valence-corrected chi connectivity index (χ4v) is 6.39. The average Bonchev–Trinajstić information content (AvgIpc) is 3.55. The second-order valence-corrected chi connectivity index (χ2v) is 11.7. The summed E-state index contributed by atoms with van der Waals surface area (Å²) in [6, 6.07) is 58.1. The van der Waals surface area contributed by atoms with Gasteiger partial charge in [0.05, 0.1) is 11.1 Å². The van der Waals surface area contributed by atoms with Gasteiger partial charge in [0.15, 0.2) is 17.5 Å². The van der Waals surface area contributed by atoms with Gasteiger partial charge in [-0.2, -0.15) is 0 Å². The van der Waals surface area contributed by atoms with Crippen LogP contribution in [0.2, 0.25) is 0 Å². The molecular formula is C43H28N4O. The quantitative estimate of drug-likeness (QED) is 0.186. The van der Waals surface area contributed by atoms with E-state index in [0.29, 0.717) is 17.5 Å². The van der Waals surface area contributed by atoms with Crippen LogP contribution in [0.4, 0.5) is 17.1 Å². The van der Waals surface area contributed by atoms with Crippen molar-refractivity contribution in [2.24, 2.45) is 0 Å². The standard InChI is InChI=1S/C43H28N4O/c1-4-14-30(15-5-1)41-44-42(31-16-6-2-7-17-31)46-43(45-41)33-24-26-36-39(28-33)48-38-22-12-21-37(40(36)38)47(34-19-8-3-9-20-34)35-25-23-29-13-10-11-18-32(29)27-35/h1-28H. The van der Waals surface area contributed by atoms with E-state index >= 15 is 0 Å². The van der Waals surface area contributed by atoms with E-state index in [-0.39, 0.29) is 0 Å². The molecule has 0 bridgehead atoms. The van der Waals surface area contributed by atoms with Crippen LogP contribution in [0, 0.1) is 0 Å². The van der Waals surface area contributed by atoms with E-state index in [1.165, 1.54) is 10.8 Å². The van der Waals surface area contributed by atoms with Gasteiger partial charge in [-0.3, -0.25) is 0 Å². The number of anilines is 3. The Kier molecular flexibility index (Phi) is 6.72. The van der Waals surface area contributed by atoms with Gasteiger partial charge in [0.2, 0.25) is 0 Å². The minimum atomic E-state index is 0.590. The molecule has 0 fully saturated rings. The van der Waals surface area contributed by atoms with Crippen LogP contribution in [0.1, 0.15) is 0 Å². The highest BCUT2D eigenvalue weighted by Crippen LogP contribution is 2.44. The van der Waals surface area contributed by atoms with Crippen molar-refractivity contribution in [3.8, 4) is 34.2 Å². The van der Waals surface area contributed by atoms with E-state index < -0.39 is 0 Å². The fourth-order valence-electron chi connectivity index (χ4n) is 6.39. The summed E-state index contributed by atoms with van der Waals surface area (Å²) in [4.78, 5) is 17.0. The Hall–Kier alpha value is -6.59. The number of benzene rings is 7. The Balaban J connectivity index is 1.22. The van der Waals surface area contributed by atoms with Crippen LogP contribution >= 0.6 is 0 Å². The number of aromatic nitrogens is 3. The topological polar surface area (TPSA) is 55.1 Å². The molecule has 9 aromatic rings. The molecule has 0 aliphatic heterocycles. The predicted octanol–water partition coefficient (Wildman–Crippen LogP) is 11.4. The molecule has 2 heterocycles. The Morgan fingerprint density at radius 3 is 1.69 bits per heavy atom. The minimum Gasteiger partial charge on any atom is -0.456 e. The maximum atomic E-state index is 6.58. The highest BCUT2D eigenvalue weighted by atomic mass is 16.3. The van der Waals surface area contributed by atoms with Gasteiger partial charge in [-0.05, 0) is 59.3 Å². The second kappa shape index (κ2) is 11.6. The first-order chi connectivity index (χ1) is 23.8. The van der Waals surface area contributed by atoms with Gasteiger partial charge >= 0.3 is 0 Å². The molecule has 0 unspecified atom stereocenters. The molecule has 2 aromatic heterocycles. The van der Waals surface area contributed by atoms with E-state index in [0.717, 1.165) is 55.7 Å². The normalized spacial score (nSPS) is 11.3. The van der Waals surface area contributed by atoms with E-state index in [1.54, 1.807) is 0 Å². The van der Waals surface area contributed by atoms with Crippen LogP contribution in [-0.4, -0.2) is 15.0 Å². The lowest BCUT2D eigenvalue weighted by molar-refractivity contribution is 0.669. The number of rotatable bonds is 6. The Morgan fingerprint density at radius 2 is 1.00 bits per heavy atom. The lowest BCUT2D eigenvalue weighted by atomic mass is 10.0. The van der Waals surface area contributed by atoms with Crippen molar-refractivity contribution in [3.63, 3.8) is 0 Å². The lowest BCUT2D eigenvalue weighted by Crippen LogP contribution is -2.10. The molecule has 5 nitrogen and oxygen atoms in total. The number of hydrogen-bond donors (Lipinski definition) is 0. The first kappa shape index (κ1) is 27.7. The molecule has 0 atom stereocenters. The SMILES string of the molecule is c1ccc(-c2nc(-c3ccccc3)nc(-c3ccc4c(c3)oc3cccc(N(c5ccccc5)c5ccc6ccccc6c5)c34)n2)cc1. The summed E-state index contributed by atoms with van der Waals surface area (Å²) in [6.07, 6.45) is 0. The van der Waals surface area contributed by atoms with Gasteiger partial charge in [-0.15, -0.1) is 0 Å². The van der Waals surface area contributed by atoms with Crippen LogP contribution in [0.15, 0.2) is 174 Å². The Labute approximate surface area is 277 Å². The zero-order valence-electron chi connectivity index (χ0n) is 25.9. The molecule has 5 heteroatoms. The molecule has 0 aliphatic rings. The predicted molar refractivity (Wildman–Crippen MR) is 196 cm³/mol. The molecule has 0 radical (unpaired) electrons. The van der Waals surface area contributed by atoms with Crippen molar-refractivity contribution in [2.45, 2.75) is 0 Å². The molecule has 0 aliphatic carbocycles. The maximum absolute atomic E-state index is 6.58. The van der Waals surface area contributed by atoms with Crippen LogP contribution in [0.5, 0.6) is 0 Å². The summed E-state index contributed by atoms with van der Waals surface area (Å²) >= 11 is 0. The largest absolute Gasteiger partial charge is 0.456 e. The smallest absolute Gasteiger partial charge is 0.164 e. The second-order valence-electron chi connectivity index (χ2n) is 11.7. The van der Waals surface area contributed by atoms with Crippen LogP contribution in [0.25, 0.3) is 66.9 Å². The highest BCUT2D eigenvalue weighted by molar-refractivity contribution is 6.14. The van der Waals surface area contributed by atoms with Crippen molar-refractivity contribution in [1.29, 1.82) is 0 Å². The van der Waals surface area contributed by atoms with Gasteiger partial charge in [0.25, 0.3) is 0 Å². The summed E-state index contributed by atoms with van der Waals surface area (Å²) in [5.41, 5.74) is 7.48. The third-order valence-electron chi connectivity index (χ3n) is 8.68. The molecular weight excluding hydrogens is 589 g/mol. The van der Waals surface area contributed by atoms with Gasteiger partial charge in [-0.25, -0.2) is 15.0 Å². The molecule has 48 heavy (non-hydrogen) atoms. The number of furan rings is 1. The van der Waals surface area contributed by atoms with Crippen LogP contribution < -0.4 is 4.90 Å².